The first-order valence-electron chi connectivity index (χ1n) is 8.72. The van der Waals surface area contributed by atoms with Crippen molar-refractivity contribution >= 4 is 5.91 Å². The van der Waals surface area contributed by atoms with E-state index in [9.17, 15) is 4.79 Å². The fourth-order valence-corrected chi connectivity index (χ4v) is 2.63. The Balaban J connectivity index is 1.60. The van der Waals surface area contributed by atoms with Crippen LogP contribution in [0.25, 0.3) is 0 Å². The predicted octanol–water partition coefficient (Wildman–Crippen LogP) is 4.32. The summed E-state index contributed by atoms with van der Waals surface area (Å²) < 4.78 is 5.80. The van der Waals surface area contributed by atoms with Crippen LogP contribution >= 0.6 is 0 Å². The lowest BCUT2D eigenvalue weighted by atomic mass is 10.2. The second kappa shape index (κ2) is 8.81. The highest BCUT2D eigenvalue weighted by Crippen LogP contribution is 2.16. The molecule has 0 saturated heterocycles. The van der Waals surface area contributed by atoms with E-state index in [0.29, 0.717) is 25.4 Å². The van der Waals surface area contributed by atoms with Gasteiger partial charge in [0, 0.05) is 19.3 Å². The Kier molecular flexibility index (Phi) is 5.99. The van der Waals surface area contributed by atoms with E-state index in [1.165, 1.54) is 0 Å². The molecular formula is C22H22N2O2. The van der Waals surface area contributed by atoms with Gasteiger partial charge in [-0.1, -0.05) is 48.5 Å². The van der Waals surface area contributed by atoms with Crippen LogP contribution in [0.5, 0.6) is 5.75 Å². The number of amides is 1. The lowest BCUT2D eigenvalue weighted by Crippen LogP contribution is -2.30. The first kappa shape index (κ1) is 17.7. The molecular weight excluding hydrogens is 324 g/mol. The number of hydrogen-bond donors (Lipinski definition) is 0. The number of aromatic nitrogens is 1. The Labute approximate surface area is 154 Å². The average molecular weight is 346 g/mol. The third kappa shape index (κ3) is 4.70. The third-order valence-corrected chi connectivity index (χ3v) is 4.10. The molecule has 4 heteroatoms. The molecule has 0 aliphatic carbocycles. The molecule has 132 valence electrons. The summed E-state index contributed by atoms with van der Waals surface area (Å²) >= 11 is 0. The van der Waals surface area contributed by atoms with Crippen LogP contribution in [0.2, 0.25) is 0 Å². The highest BCUT2D eigenvalue weighted by Gasteiger charge is 2.15. The summed E-state index contributed by atoms with van der Waals surface area (Å²) in [6, 6.07) is 23.3. The summed E-state index contributed by atoms with van der Waals surface area (Å²) in [6.45, 7) is 3.68. The van der Waals surface area contributed by atoms with E-state index in [1.807, 2.05) is 67.6 Å². The molecule has 4 nitrogen and oxygen atoms in total. The van der Waals surface area contributed by atoms with Crippen molar-refractivity contribution in [1.29, 1.82) is 0 Å². The summed E-state index contributed by atoms with van der Waals surface area (Å²) in [5.74, 6) is 0.759. The highest BCUT2D eigenvalue weighted by atomic mass is 16.5. The molecule has 1 aromatic heterocycles. The van der Waals surface area contributed by atoms with E-state index in [4.69, 9.17) is 4.74 Å². The molecule has 0 unspecified atom stereocenters. The minimum absolute atomic E-state index is 0.0579. The zero-order valence-corrected chi connectivity index (χ0v) is 14.8. The average Bonchev–Trinajstić information content (AvgIpc) is 2.72. The molecule has 1 amide bonds. The van der Waals surface area contributed by atoms with Gasteiger partial charge >= 0.3 is 0 Å². The summed E-state index contributed by atoms with van der Waals surface area (Å²) in [4.78, 5) is 18.5. The summed E-state index contributed by atoms with van der Waals surface area (Å²) in [7, 11) is 0. The number of nitrogens with zero attached hydrogens (tertiary/aromatic N) is 2. The number of ether oxygens (including phenoxy) is 1. The van der Waals surface area contributed by atoms with Gasteiger partial charge in [0.1, 0.15) is 18.1 Å². The molecule has 0 N–H and O–H groups in total. The topological polar surface area (TPSA) is 42.4 Å². The molecule has 0 atom stereocenters. The fourth-order valence-electron chi connectivity index (χ4n) is 2.63. The summed E-state index contributed by atoms with van der Waals surface area (Å²) in [6.07, 6.45) is 1.64. The smallest absolute Gasteiger partial charge is 0.272 e. The molecule has 0 radical (unpaired) electrons. The van der Waals surface area contributed by atoms with Gasteiger partial charge in [0.2, 0.25) is 0 Å². The molecule has 0 aliphatic rings. The zero-order chi connectivity index (χ0) is 18.2. The van der Waals surface area contributed by atoms with Crippen molar-refractivity contribution in [3.63, 3.8) is 0 Å². The number of carbonyl (C=O) groups excluding carboxylic acids is 1. The van der Waals surface area contributed by atoms with Gasteiger partial charge in [0.05, 0.1) is 0 Å². The van der Waals surface area contributed by atoms with Gasteiger partial charge in [0.15, 0.2) is 0 Å². The van der Waals surface area contributed by atoms with Gasteiger partial charge in [-0.05, 0) is 42.3 Å². The zero-order valence-electron chi connectivity index (χ0n) is 14.8. The lowest BCUT2D eigenvalue weighted by Gasteiger charge is -2.20. The number of rotatable bonds is 7. The quantitative estimate of drug-likeness (QED) is 0.640. The van der Waals surface area contributed by atoms with Crippen molar-refractivity contribution in [2.45, 2.75) is 20.1 Å². The predicted molar refractivity (Wildman–Crippen MR) is 102 cm³/mol. The Morgan fingerprint density at radius 3 is 2.31 bits per heavy atom. The van der Waals surface area contributed by atoms with E-state index in [1.54, 1.807) is 23.2 Å². The maximum Gasteiger partial charge on any atom is 0.272 e. The van der Waals surface area contributed by atoms with Gasteiger partial charge in [0.25, 0.3) is 5.91 Å². The maximum atomic E-state index is 12.5. The summed E-state index contributed by atoms with van der Waals surface area (Å²) in [5, 5.41) is 0. The van der Waals surface area contributed by atoms with Gasteiger partial charge in [-0.2, -0.15) is 0 Å². The Morgan fingerprint density at radius 1 is 0.923 bits per heavy atom. The van der Waals surface area contributed by atoms with Crippen LogP contribution in [0.3, 0.4) is 0 Å². The van der Waals surface area contributed by atoms with E-state index < -0.39 is 0 Å². The first-order valence-corrected chi connectivity index (χ1v) is 8.72. The van der Waals surface area contributed by atoms with E-state index >= 15 is 0 Å². The molecule has 26 heavy (non-hydrogen) atoms. The van der Waals surface area contributed by atoms with Crippen LogP contribution in [0.15, 0.2) is 79.0 Å². The van der Waals surface area contributed by atoms with Crippen molar-refractivity contribution in [3.8, 4) is 5.75 Å². The van der Waals surface area contributed by atoms with Crippen LogP contribution in [-0.2, 0) is 13.2 Å². The van der Waals surface area contributed by atoms with Crippen LogP contribution in [-0.4, -0.2) is 22.3 Å². The van der Waals surface area contributed by atoms with Crippen molar-refractivity contribution in [3.05, 3.63) is 95.8 Å². The monoisotopic (exact) mass is 346 g/mol. The van der Waals surface area contributed by atoms with Gasteiger partial charge in [-0.15, -0.1) is 0 Å². The molecule has 0 bridgehead atoms. The molecule has 2 aromatic carbocycles. The number of pyridine rings is 1. The van der Waals surface area contributed by atoms with Gasteiger partial charge < -0.3 is 9.64 Å². The molecule has 0 spiro atoms. The maximum absolute atomic E-state index is 12.5. The Morgan fingerprint density at radius 2 is 1.65 bits per heavy atom. The standard InChI is InChI=1S/C22H22N2O2/c1-2-24(22(25)21-10-6-7-15-23-21)16-18-11-13-20(14-12-18)26-17-19-8-4-3-5-9-19/h3-15H,2,16-17H2,1H3. The highest BCUT2D eigenvalue weighted by molar-refractivity contribution is 5.92. The number of hydrogen-bond acceptors (Lipinski definition) is 3. The Hall–Kier alpha value is -3.14. The van der Waals surface area contributed by atoms with E-state index in [0.717, 1.165) is 16.9 Å². The van der Waals surface area contributed by atoms with Crippen LogP contribution in [0.1, 0.15) is 28.5 Å². The second-order valence-corrected chi connectivity index (χ2v) is 5.95. The van der Waals surface area contributed by atoms with Crippen molar-refractivity contribution in [2.24, 2.45) is 0 Å². The fraction of sp³-hybridized carbons (Fsp3) is 0.182. The molecule has 0 aliphatic heterocycles. The second-order valence-electron chi connectivity index (χ2n) is 5.95. The number of carbonyl (C=O) groups is 1. The molecule has 3 rings (SSSR count). The van der Waals surface area contributed by atoms with E-state index in [2.05, 4.69) is 4.98 Å². The minimum Gasteiger partial charge on any atom is -0.489 e. The summed E-state index contributed by atoms with van der Waals surface area (Å²) in [5.41, 5.74) is 2.66. The molecule has 3 aromatic rings. The third-order valence-electron chi connectivity index (χ3n) is 4.10. The van der Waals surface area contributed by atoms with Crippen molar-refractivity contribution < 1.29 is 9.53 Å². The Bertz CT molecular complexity index is 818. The lowest BCUT2D eigenvalue weighted by molar-refractivity contribution is 0.0746. The van der Waals surface area contributed by atoms with Gasteiger partial charge in [-0.25, -0.2) is 0 Å². The van der Waals surface area contributed by atoms with Crippen LogP contribution in [0.4, 0.5) is 0 Å². The largest absolute Gasteiger partial charge is 0.489 e. The van der Waals surface area contributed by atoms with Crippen LogP contribution in [0, 0.1) is 0 Å². The molecule has 1 heterocycles. The normalized spacial score (nSPS) is 10.3. The van der Waals surface area contributed by atoms with E-state index in [-0.39, 0.29) is 5.91 Å². The van der Waals surface area contributed by atoms with Crippen molar-refractivity contribution in [1.82, 2.24) is 9.88 Å². The first-order chi connectivity index (χ1) is 12.8. The molecule has 0 saturated carbocycles. The number of benzene rings is 2. The molecule has 0 fully saturated rings. The van der Waals surface area contributed by atoms with Crippen molar-refractivity contribution in [2.75, 3.05) is 6.54 Å². The van der Waals surface area contributed by atoms with Crippen LogP contribution < -0.4 is 4.74 Å². The minimum atomic E-state index is -0.0579. The SMILES string of the molecule is CCN(Cc1ccc(OCc2ccccc2)cc1)C(=O)c1ccccn1. The van der Waals surface area contributed by atoms with Gasteiger partial charge in [-0.3, -0.25) is 9.78 Å².